The zero-order chi connectivity index (χ0) is 20.4. The molecule has 156 valence electrons. The Morgan fingerprint density at radius 3 is 2.37 bits per heavy atom. The molecule has 0 aromatic rings. The maximum atomic E-state index is 13.0. The van der Waals surface area contributed by atoms with E-state index in [0.29, 0.717) is 32.4 Å². The first-order valence-electron chi connectivity index (χ1n) is 9.72. The number of nitrogens with zero attached hydrogens (tertiary/aromatic N) is 1. The zero-order valence-corrected chi connectivity index (χ0v) is 16.6. The Morgan fingerprint density at radius 1 is 1.11 bits per heavy atom. The highest BCUT2D eigenvalue weighted by Crippen LogP contribution is 2.40. The Kier molecular flexibility index (Phi) is 6.68. The third kappa shape index (κ3) is 6.28. The summed E-state index contributed by atoms with van der Waals surface area (Å²) in [6.07, 6.45) is -3.12. The molecule has 1 saturated carbocycles. The van der Waals surface area contributed by atoms with Crippen molar-refractivity contribution in [2.24, 2.45) is 17.8 Å². The summed E-state index contributed by atoms with van der Waals surface area (Å²) in [6, 6.07) is -0.273. The molecule has 1 aliphatic heterocycles. The summed E-state index contributed by atoms with van der Waals surface area (Å²) in [5.41, 5.74) is -0.604. The molecule has 2 fully saturated rings. The van der Waals surface area contributed by atoms with E-state index in [9.17, 15) is 22.8 Å². The highest BCUT2D eigenvalue weighted by molar-refractivity contribution is 5.79. The minimum Gasteiger partial charge on any atom is -0.444 e. The van der Waals surface area contributed by atoms with E-state index in [1.54, 1.807) is 25.7 Å². The molecule has 1 N–H and O–H groups in total. The number of halogens is 3. The van der Waals surface area contributed by atoms with E-state index in [1.165, 1.54) is 0 Å². The predicted octanol–water partition coefficient (Wildman–Crippen LogP) is 4.12. The lowest BCUT2D eigenvalue weighted by molar-refractivity contribution is -0.186. The second-order valence-electron chi connectivity index (χ2n) is 8.91. The first-order chi connectivity index (χ1) is 12.4. The summed E-state index contributed by atoms with van der Waals surface area (Å²) in [7, 11) is 0. The van der Waals surface area contributed by atoms with Crippen molar-refractivity contribution in [3.63, 3.8) is 0 Å². The van der Waals surface area contributed by atoms with Gasteiger partial charge in [-0.1, -0.05) is 13.3 Å². The Bertz CT molecular complexity index is 545. The molecule has 1 aliphatic carbocycles. The molecular weight excluding hydrogens is 361 g/mol. The van der Waals surface area contributed by atoms with Gasteiger partial charge in [-0.15, -0.1) is 0 Å². The highest BCUT2D eigenvalue weighted by atomic mass is 19.4. The van der Waals surface area contributed by atoms with E-state index in [1.807, 2.05) is 6.92 Å². The van der Waals surface area contributed by atoms with Gasteiger partial charge in [-0.25, -0.2) is 4.79 Å². The second kappa shape index (κ2) is 8.27. The first kappa shape index (κ1) is 21.8. The quantitative estimate of drug-likeness (QED) is 0.769. The number of piperidine rings is 1. The van der Waals surface area contributed by atoms with E-state index in [4.69, 9.17) is 4.74 Å². The van der Waals surface area contributed by atoms with Gasteiger partial charge in [-0.05, 0) is 52.4 Å². The largest absolute Gasteiger partial charge is 0.444 e. The molecule has 0 radical (unpaired) electrons. The number of carbonyl (C=O) groups excluding carboxylic acids is 2. The van der Waals surface area contributed by atoms with Crippen molar-refractivity contribution in [3.8, 4) is 0 Å². The van der Waals surface area contributed by atoms with Crippen molar-refractivity contribution in [1.82, 2.24) is 10.2 Å². The molecule has 4 atom stereocenters. The van der Waals surface area contributed by atoms with Crippen LogP contribution in [0.5, 0.6) is 0 Å². The van der Waals surface area contributed by atoms with Gasteiger partial charge in [0.25, 0.3) is 0 Å². The molecule has 0 aromatic heterocycles. The smallest absolute Gasteiger partial charge is 0.410 e. The van der Waals surface area contributed by atoms with Crippen molar-refractivity contribution in [2.45, 2.75) is 77.6 Å². The highest BCUT2D eigenvalue weighted by Gasteiger charge is 2.44. The summed E-state index contributed by atoms with van der Waals surface area (Å²) < 4.78 is 44.3. The minimum atomic E-state index is -4.25. The average Bonchev–Trinajstić information content (AvgIpc) is 2.54. The van der Waals surface area contributed by atoms with Gasteiger partial charge in [0, 0.05) is 25.0 Å². The van der Waals surface area contributed by atoms with Crippen molar-refractivity contribution in [3.05, 3.63) is 0 Å². The summed E-state index contributed by atoms with van der Waals surface area (Å²) in [5.74, 6) is -2.19. The van der Waals surface area contributed by atoms with Gasteiger partial charge in [-0.2, -0.15) is 13.2 Å². The average molecular weight is 392 g/mol. The molecule has 2 amide bonds. The van der Waals surface area contributed by atoms with Crippen LogP contribution in [0.3, 0.4) is 0 Å². The maximum absolute atomic E-state index is 13.0. The van der Waals surface area contributed by atoms with Crippen LogP contribution in [0.1, 0.15) is 59.8 Å². The van der Waals surface area contributed by atoms with Crippen LogP contribution in [-0.4, -0.2) is 47.8 Å². The number of ether oxygens (including phenoxy) is 1. The molecule has 5 nitrogen and oxygen atoms in total. The normalized spacial score (nSPS) is 30.0. The van der Waals surface area contributed by atoms with E-state index >= 15 is 0 Å². The van der Waals surface area contributed by atoms with Crippen LogP contribution in [0.2, 0.25) is 0 Å². The van der Waals surface area contributed by atoms with E-state index in [2.05, 4.69) is 5.32 Å². The fourth-order valence-electron chi connectivity index (χ4n) is 3.78. The molecule has 0 aromatic carbocycles. The Morgan fingerprint density at radius 2 is 1.78 bits per heavy atom. The summed E-state index contributed by atoms with van der Waals surface area (Å²) in [4.78, 5) is 26.4. The molecule has 2 rings (SSSR count). The van der Waals surface area contributed by atoms with Gasteiger partial charge in [0.1, 0.15) is 5.60 Å². The standard InChI is InChI=1S/C19H31F3N2O3/c1-12-8-9-24(17(26)27-18(2,3)4)11-15(12)23-16(25)13-6-5-7-14(10-13)19(20,21)22/h12-15H,5-11H2,1-4H3,(H,23,25). The van der Waals surface area contributed by atoms with Crippen molar-refractivity contribution < 1.29 is 27.5 Å². The Labute approximate surface area is 159 Å². The summed E-state index contributed by atoms with van der Waals surface area (Å²) in [6.45, 7) is 8.21. The van der Waals surface area contributed by atoms with Crippen LogP contribution in [0, 0.1) is 17.8 Å². The zero-order valence-electron chi connectivity index (χ0n) is 16.6. The van der Waals surface area contributed by atoms with Gasteiger partial charge in [0.05, 0.1) is 5.92 Å². The van der Waals surface area contributed by atoms with Crippen LogP contribution >= 0.6 is 0 Å². The molecule has 1 saturated heterocycles. The number of carbonyl (C=O) groups is 2. The first-order valence-corrected chi connectivity index (χ1v) is 9.72. The minimum absolute atomic E-state index is 0.0968. The number of alkyl halides is 3. The second-order valence-corrected chi connectivity index (χ2v) is 8.91. The topological polar surface area (TPSA) is 58.6 Å². The number of hydrogen-bond donors (Lipinski definition) is 1. The maximum Gasteiger partial charge on any atom is 0.410 e. The third-order valence-corrected chi connectivity index (χ3v) is 5.45. The lowest BCUT2D eigenvalue weighted by Crippen LogP contribution is -2.55. The molecule has 2 aliphatic rings. The SMILES string of the molecule is CC1CCN(C(=O)OC(C)(C)C)CC1NC(=O)C1CCCC(C(F)(F)F)C1. The number of nitrogens with one attached hydrogen (secondary N) is 1. The van der Waals surface area contributed by atoms with Gasteiger partial charge in [0.2, 0.25) is 5.91 Å². The van der Waals surface area contributed by atoms with Crippen LogP contribution < -0.4 is 5.32 Å². The van der Waals surface area contributed by atoms with E-state index in [-0.39, 0.29) is 30.7 Å². The monoisotopic (exact) mass is 392 g/mol. The molecule has 8 heteroatoms. The fraction of sp³-hybridized carbons (Fsp3) is 0.895. The molecular formula is C19H31F3N2O3. The molecule has 27 heavy (non-hydrogen) atoms. The summed E-state index contributed by atoms with van der Waals surface area (Å²) in [5, 5.41) is 2.90. The van der Waals surface area contributed by atoms with E-state index < -0.39 is 29.7 Å². The summed E-state index contributed by atoms with van der Waals surface area (Å²) >= 11 is 0. The van der Waals surface area contributed by atoms with Crippen molar-refractivity contribution in [1.29, 1.82) is 0 Å². The molecule has 1 heterocycles. The Hall–Kier alpha value is -1.47. The Balaban J connectivity index is 1.94. The number of likely N-dealkylation sites (tertiary alicyclic amines) is 1. The lowest BCUT2D eigenvalue weighted by Gasteiger charge is -2.39. The fourth-order valence-corrected chi connectivity index (χ4v) is 3.78. The van der Waals surface area contributed by atoms with Gasteiger partial charge < -0.3 is 15.0 Å². The van der Waals surface area contributed by atoms with Crippen LogP contribution in [0.25, 0.3) is 0 Å². The lowest BCUT2D eigenvalue weighted by atomic mass is 9.80. The number of amides is 2. The van der Waals surface area contributed by atoms with Gasteiger partial charge >= 0.3 is 12.3 Å². The van der Waals surface area contributed by atoms with Crippen LogP contribution in [-0.2, 0) is 9.53 Å². The van der Waals surface area contributed by atoms with Crippen LogP contribution in [0.4, 0.5) is 18.0 Å². The molecule has 0 bridgehead atoms. The molecule has 0 spiro atoms. The van der Waals surface area contributed by atoms with Gasteiger partial charge in [0.15, 0.2) is 0 Å². The van der Waals surface area contributed by atoms with Gasteiger partial charge in [-0.3, -0.25) is 4.79 Å². The van der Waals surface area contributed by atoms with Crippen molar-refractivity contribution in [2.75, 3.05) is 13.1 Å². The molecule has 4 unspecified atom stereocenters. The van der Waals surface area contributed by atoms with Crippen molar-refractivity contribution >= 4 is 12.0 Å². The number of rotatable bonds is 2. The third-order valence-electron chi connectivity index (χ3n) is 5.45. The number of hydrogen-bond acceptors (Lipinski definition) is 3. The van der Waals surface area contributed by atoms with Crippen LogP contribution in [0.15, 0.2) is 0 Å². The van der Waals surface area contributed by atoms with E-state index in [0.717, 1.165) is 0 Å². The predicted molar refractivity (Wildman–Crippen MR) is 95.0 cm³/mol.